The minimum Gasteiger partial charge on any atom is -0.459 e. The Hall–Kier alpha value is -1.59. The van der Waals surface area contributed by atoms with Gasteiger partial charge in [0.1, 0.15) is 17.2 Å². The van der Waals surface area contributed by atoms with Crippen molar-refractivity contribution in [3.05, 3.63) is 35.3 Å². The zero-order valence-corrected chi connectivity index (χ0v) is 13.8. The van der Waals surface area contributed by atoms with Gasteiger partial charge in [-0.2, -0.15) is 0 Å². The van der Waals surface area contributed by atoms with Crippen LogP contribution in [0.5, 0.6) is 0 Å². The van der Waals surface area contributed by atoms with Gasteiger partial charge >= 0.3 is 0 Å². The first kappa shape index (κ1) is 18.5. The molecule has 0 radical (unpaired) electrons. The minimum absolute atomic E-state index is 0. The van der Waals surface area contributed by atoms with Crippen LogP contribution in [-0.2, 0) is 11.3 Å². The van der Waals surface area contributed by atoms with Crippen LogP contribution in [0.3, 0.4) is 0 Å². The third kappa shape index (κ3) is 4.21. The van der Waals surface area contributed by atoms with Crippen LogP contribution in [0.2, 0.25) is 0 Å². The molecule has 6 heteroatoms. The Kier molecular flexibility index (Phi) is 6.38. The molecular formula is C16H22ClFN2O2. The molecule has 1 amide bonds. The molecule has 1 aromatic carbocycles. The van der Waals surface area contributed by atoms with Crippen molar-refractivity contribution >= 4 is 29.3 Å². The number of nitrogens with two attached hydrogens (primary N) is 1. The molecule has 0 bridgehead atoms. The topological polar surface area (TPSA) is 68.3 Å². The highest BCUT2D eigenvalue weighted by molar-refractivity contribution is 5.85. The number of benzene rings is 1. The van der Waals surface area contributed by atoms with Crippen molar-refractivity contribution in [3.63, 3.8) is 0 Å². The Morgan fingerprint density at radius 3 is 2.73 bits per heavy atom. The van der Waals surface area contributed by atoms with E-state index in [1.807, 2.05) is 20.8 Å². The third-order valence-corrected chi connectivity index (χ3v) is 3.48. The molecule has 3 N–H and O–H groups in total. The molecule has 2 aromatic rings. The number of hydrogen-bond donors (Lipinski definition) is 2. The summed E-state index contributed by atoms with van der Waals surface area (Å²) in [7, 11) is 0. The number of nitrogens with one attached hydrogen (secondary N) is 1. The summed E-state index contributed by atoms with van der Waals surface area (Å²) < 4.78 is 18.9. The van der Waals surface area contributed by atoms with Crippen LogP contribution in [0.4, 0.5) is 4.39 Å². The van der Waals surface area contributed by atoms with E-state index in [1.165, 1.54) is 12.1 Å². The molecule has 0 unspecified atom stereocenters. The molecule has 0 saturated carbocycles. The molecule has 0 fully saturated rings. The highest BCUT2D eigenvalue weighted by Crippen LogP contribution is 2.25. The van der Waals surface area contributed by atoms with Gasteiger partial charge in [-0.1, -0.05) is 13.8 Å². The standard InChI is InChI=1S/C16H21FN2O2.ClH/c1-9(2)6-13(18)16(20)19-8-15-10(3)12-7-11(17)4-5-14(12)21-15;/h4-5,7,9,13H,6,8,18H2,1-3H3,(H,19,20);1H/t13-;/m0./s1. The van der Waals surface area contributed by atoms with Gasteiger partial charge in [0.2, 0.25) is 5.91 Å². The van der Waals surface area contributed by atoms with E-state index in [1.54, 1.807) is 6.07 Å². The summed E-state index contributed by atoms with van der Waals surface area (Å²) in [4.78, 5) is 11.9. The van der Waals surface area contributed by atoms with E-state index in [2.05, 4.69) is 5.32 Å². The largest absolute Gasteiger partial charge is 0.459 e. The Bertz CT molecular complexity index is 655. The summed E-state index contributed by atoms with van der Waals surface area (Å²) in [6, 6.07) is 3.86. The van der Waals surface area contributed by atoms with E-state index in [4.69, 9.17) is 10.2 Å². The van der Waals surface area contributed by atoms with Crippen molar-refractivity contribution in [2.24, 2.45) is 11.7 Å². The fourth-order valence-electron chi connectivity index (χ4n) is 2.33. The average molecular weight is 329 g/mol. The van der Waals surface area contributed by atoms with Crippen LogP contribution >= 0.6 is 12.4 Å². The summed E-state index contributed by atoms with van der Waals surface area (Å²) in [6.07, 6.45) is 0.635. The lowest BCUT2D eigenvalue weighted by Gasteiger charge is -2.13. The number of halogens is 2. The van der Waals surface area contributed by atoms with Crippen LogP contribution in [0.25, 0.3) is 11.0 Å². The zero-order chi connectivity index (χ0) is 15.6. The fourth-order valence-corrected chi connectivity index (χ4v) is 2.33. The van der Waals surface area contributed by atoms with Gasteiger partial charge < -0.3 is 15.5 Å². The van der Waals surface area contributed by atoms with Gasteiger partial charge in [-0.15, -0.1) is 12.4 Å². The van der Waals surface area contributed by atoms with Crippen molar-refractivity contribution in [2.45, 2.75) is 39.8 Å². The molecule has 0 spiro atoms. The Balaban J connectivity index is 0.00000242. The maximum Gasteiger partial charge on any atom is 0.237 e. The predicted octanol–water partition coefficient (Wildman–Crippen LogP) is 3.29. The van der Waals surface area contributed by atoms with Crippen molar-refractivity contribution < 1.29 is 13.6 Å². The Morgan fingerprint density at radius 1 is 1.41 bits per heavy atom. The highest BCUT2D eigenvalue weighted by atomic mass is 35.5. The smallest absolute Gasteiger partial charge is 0.237 e. The second kappa shape index (κ2) is 7.61. The molecule has 0 saturated heterocycles. The van der Waals surface area contributed by atoms with E-state index >= 15 is 0 Å². The number of rotatable bonds is 5. The summed E-state index contributed by atoms with van der Waals surface area (Å²) in [5, 5.41) is 3.50. The normalized spacial score (nSPS) is 12.3. The van der Waals surface area contributed by atoms with E-state index < -0.39 is 6.04 Å². The van der Waals surface area contributed by atoms with Gasteiger partial charge in [-0.3, -0.25) is 4.79 Å². The molecule has 1 atom stereocenters. The van der Waals surface area contributed by atoms with Crippen molar-refractivity contribution in [2.75, 3.05) is 0 Å². The van der Waals surface area contributed by atoms with Gasteiger partial charge in [0.05, 0.1) is 12.6 Å². The second-order valence-electron chi connectivity index (χ2n) is 5.74. The molecule has 1 heterocycles. The quantitative estimate of drug-likeness (QED) is 0.885. The average Bonchev–Trinajstić information content (AvgIpc) is 2.72. The predicted molar refractivity (Wildman–Crippen MR) is 87.4 cm³/mol. The first-order chi connectivity index (χ1) is 9.88. The number of hydrogen-bond acceptors (Lipinski definition) is 3. The van der Waals surface area contributed by atoms with Gasteiger partial charge in [0.15, 0.2) is 0 Å². The molecule has 0 aliphatic heterocycles. The fraction of sp³-hybridized carbons (Fsp3) is 0.438. The molecule has 0 aliphatic carbocycles. The molecule has 2 rings (SSSR count). The highest BCUT2D eigenvalue weighted by Gasteiger charge is 2.17. The number of aryl methyl sites for hydroxylation is 1. The van der Waals surface area contributed by atoms with Gasteiger partial charge in [-0.05, 0) is 37.5 Å². The number of carbonyl (C=O) groups excluding carboxylic acids is 1. The SMILES string of the molecule is Cc1c(CNC(=O)[C@@H](N)CC(C)C)oc2ccc(F)cc12.Cl. The van der Waals surface area contributed by atoms with Crippen LogP contribution in [0.1, 0.15) is 31.6 Å². The molecule has 22 heavy (non-hydrogen) atoms. The molecule has 122 valence electrons. The first-order valence-electron chi connectivity index (χ1n) is 7.09. The van der Waals surface area contributed by atoms with Crippen LogP contribution in [-0.4, -0.2) is 11.9 Å². The number of carbonyl (C=O) groups is 1. The second-order valence-corrected chi connectivity index (χ2v) is 5.74. The van der Waals surface area contributed by atoms with Crippen molar-refractivity contribution in [3.8, 4) is 0 Å². The maximum absolute atomic E-state index is 13.2. The lowest BCUT2D eigenvalue weighted by Crippen LogP contribution is -2.41. The van der Waals surface area contributed by atoms with E-state index in [0.29, 0.717) is 23.7 Å². The van der Waals surface area contributed by atoms with E-state index in [0.717, 1.165) is 10.9 Å². The van der Waals surface area contributed by atoms with Crippen molar-refractivity contribution in [1.29, 1.82) is 0 Å². The lowest BCUT2D eigenvalue weighted by molar-refractivity contribution is -0.122. The Morgan fingerprint density at radius 2 is 2.09 bits per heavy atom. The molecule has 0 aliphatic rings. The summed E-state index contributed by atoms with van der Waals surface area (Å²) >= 11 is 0. The van der Waals surface area contributed by atoms with E-state index in [-0.39, 0.29) is 30.7 Å². The lowest BCUT2D eigenvalue weighted by atomic mass is 10.0. The van der Waals surface area contributed by atoms with Gasteiger partial charge in [0.25, 0.3) is 0 Å². The molecular weight excluding hydrogens is 307 g/mol. The van der Waals surface area contributed by atoms with Gasteiger partial charge in [0, 0.05) is 10.9 Å². The van der Waals surface area contributed by atoms with Crippen molar-refractivity contribution in [1.82, 2.24) is 5.32 Å². The van der Waals surface area contributed by atoms with Crippen LogP contribution in [0, 0.1) is 18.7 Å². The molecule has 4 nitrogen and oxygen atoms in total. The Labute approximate surface area is 135 Å². The summed E-state index contributed by atoms with van der Waals surface area (Å²) in [5.74, 6) is 0.484. The zero-order valence-electron chi connectivity index (χ0n) is 13.0. The third-order valence-electron chi connectivity index (χ3n) is 3.48. The number of amides is 1. The van der Waals surface area contributed by atoms with Crippen LogP contribution in [0.15, 0.2) is 22.6 Å². The maximum atomic E-state index is 13.2. The summed E-state index contributed by atoms with van der Waals surface area (Å²) in [6.45, 7) is 6.14. The number of fused-ring (bicyclic) bond motifs is 1. The van der Waals surface area contributed by atoms with E-state index in [9.17, 15) is 9.18 Å². The molecule has 1 aromatic heterocycles. The monoisotopic (exact) mass is 328 g/mol. The summed E-state index contributed by atoms with van der Waals surface area (Å²) in [5.41, 5.74) is 7.27. The minimum atomic E-state index is -0.521. The number of furan rings is 1. The van der Waals surface area contributed by atoms with Gasteiger partial charge in [-0.25, -0.2) is 4.39 Å². The first-order valence-corrected chi connectivity index (χ1v) is 7.09. The van der Waals surface area contributed by atoms with Crippen LogP contribution < -0.4 is 11.1 Å².